The molecular weight excluding hydrogens is 488 g/mol. The van der Waals surface area contributed by atoms with Gasteiger partial charge in [0.2, 0.25) is 0 Å². The molecule has 0 amide bonds. The van der Waals surface area contributed by atoms with Crippen LogP contribution < -0.4 is 0 Å². The van der Waals surface area contributed by atoms with Crippen LogP contribution in [-0.4, -0.2) is 123 Å². The van der Waals surface area contributed by atoms with Gasteiger partial charge in [-0.2, -0.15) is 0 Å². The van der Waals surface area contributed by atoms with E-state index in [2.05, 4.69) is 0 Å². The van der Waals surface area contributed by atoms with Crippen LogP contribution in [0.5, 0.6) is 0 Å². The van der Waals surface area contributed by atoms with Crippen molar-refractivity contribution in [3.05, 3.63) is 35.9 Å². The largest absolute Gasteiger partial charge is 0.382 e. The third-order valence-corrected chi connectivity index (χ3v) is 6.34. The maximum absolute atomic E-state index is 6.25. The summed E-state index contributed by atoms with van der Waals surface area (Å²) >= 11 is 0. The predicted molar refractivity (Wildman–Crippen MR) is 129 cm³/mol. The van der Waals surface area contributed by atoms with E-state index in [1.165, 1.54) is 0 Å². The van der Waals surface area contributed by atoms with Gasteiger partial charge in [-0.15, -0.1) is 0 Å². The second kappa shape index (κ2) is 16.0. The number of hydrogen-bond donors (Lipinski definition) is 0. The number of rotatable bonds is 20. The fourth-order valence-electron chi connectivity index (χ4n) is 4.62. The molecule has 0 spiro atoms. The molecule has 3 saturated heterocycles. The molecule has 3 aliphatic heterocycles. The van der Waals surface area contributed by atoms with Crippen LogP contribution in [0.3, 0.4) is 0 Å². The summed E-state index contributed by atoms with van der Waals surface area (Å²) in [5.74, 6) is 0. The van der Waals surface area contributed by atoms with E-state index in [1.807, 2.05) is 30.3 Å². The summed E-state index contributed by atoms with van der Waals surface area (Å²) in [6, 6.07) is 10.0. The topological polar surface area (TPSA) is 102 Å². The second-order valence-electron chi connectivity index (χ2n) is 8.85. The van der Waals surface area contributed by atoms with E-state index in [1.54, 1.807) is 14.2 Å². The summed E-state index contributed by atoms with van der Waals surface area (Å²) < 4.78 is 63.5. The average Bonchev–Trinajstić information content (AvgIpc) is 2.92. The van der Waals surface area contributed by atoms with Gasteiger partial charge in [0.05, 0.1) is 72.7 Å². The van der Waals surface area contributed by atoms with Crippen LogP contribution in [0, 0.1) is 0 Å². The van der Waals surface area contributed by atoms with Gasteiger partial charge in [-0.3, -0.25) is 0 Å². The maximum atomic E-state index is 6.25. The number of benzene rings is 1. The molecule has 0 radical (unpaired) electrons. The van der Waals surface area contributed by atoms with Crippen LogP contribution in [0.2, 0.25) is 0 Å². The molecule has 6 unspecified atom stereocenters. The Morgan fingerprint density at radius 2 is 0.973 bits per heavy atom. The van der Waals surface area contributed by atoms with Crippen molar-refractivity contribution in [2.45, 2.75) is 49.7 Å². The first kappa shape index (κ1) is 28.8. The summed E-state index contributed by atoms with van der Waals surface area (Å²) in [7, 11) is 3.28. The second-order valence-corrected chi connectivity index (χ2v) is 8.85. The monoisotopic (exact) mass is 528 g/mol. The van der Waals surface area contributed by atoms with Crippen molar-refractivity contribution in [2.24, 2.45) is 0 Å². The molecule has 4 aliphatic rings. The van der Waals surface area contributed by atoms with Crippen molar-refractivity contribution in [1.82, 2.24) is 0 Å². The average molecular weight is 529 g/mol. The summed E-state index contributed by atoms with van der Waals surface area (Å²) in [5.41, 5.74) is 1.11. The third-order valence-electron chi connectivity index (χ3n) is 6.34. The Hall–Kier alpha value is -1.22. The molecule has 11 nitrogen and oxygen atoms in total. The first-order valence-electron chi connectivity index (χ1n) is 12.9. The highest BCUT2D eigenvalue weighted by molar-refractivity contribution is 5.13. The van der Waals surface area contributed by atoms with Crippen LogP contribution >= 0.6 is 0 Å². The van der Waals surface area contributed by atoms with E-state index in [4.69, 9.17) is 52.1 Å². The smallest absolute Gasteiger partial charge is 0.272 e. The number of ether oxygens (including phenoxy) is 11. The molecule has 1 aromatic carbocycles. The SMILES string of the molecule is COCCOCCOC1C2OC3OC1C(OCCOCc1ccccc1)[C@@H](O3)C2OCCOCCOC. The minimum atomic E-state index is -0.759. The number of hydrogen-bond acceptors (Lipinski definition) is 11. The van der Waals surface area contributed by atoms with E-state index >= 15 is 0 Å². The molecule has 1 saturated carbocycles. The zero-order valence-electron chi connectivity index (χ0n) is 21.7. The molecule has 0 N–H and O–H groups in total. The molecule has 210 valence electrons. The Morgan fingerprint density at radius 3 is 1.43 bits per heavy atom. The van der Waals surface area contributed by atoms with Gasteiger partial charge < -0.3 is 52.1 Å². The highest BCUT2D eigenvalue weighted by Crippen LogP contribution is 2.43. The van der Waals surface area contributed by atoms with E-state index in [0.29, 0.717) is 72.7 Å². The van der Waals surface area contributed by atoms with Crippen molar-refractivity contribution in [3.63, 3.8) is 0 Å². The first-order chi connectivity index (χ1) is 18.3. The Bertz CT molecular complexity index is 704. The van der Waals surface area contributed by atoms with Gasteiger partial charge in [-0.25, -0.2) is 0 Å². The highest BCUT2D eigenvalue weighted by Gasteiger charge is 2.63. The van der Waals surface area contributed by atoms with Crippen LogP contribution in [0.4, 0.5) is 0 Å². The molecule has 37 heavy (non-hydrogen) atoms. The fraction of sp³-hybridized carbons (Fsp3) is 0.769. The van der Waals surface area contributed by atoms with Crippen molar-refractivity contribution >= 4 is 0 Å². The molecule has 4 bridgehead atoms. The Labute approximate surface area is 218 Å². The zero-order valence-corrected chi connectivity index (χ0v) is 21.7. The standard InChI is InChI=1S/C26H40O11/c1-27-8-10-29-12-15-32-20-23-21(33-16-13-30-11-9-28-2)25-22(24(20)36-26(35-23)37-25)34-17-14-31-18-19-6-4-3-5-7-19/h3-7,20-26H,8-18H2,1-2H3/t20?,21?,22?,23?,24-,25?,26?/m0/s1. The van der Waals surface area contributed by atoms with Crippen molar-refractivity contribution < 1.29 is 52.1 Å². The van der Waals surface area contributed by atoms with Crippen LogP contribution in [-0.2, 0) is 58.7 Å². The fourth-order valence-corrected chi connectivity index (χ4v) is 4.62. The van der Waals surface area contributed by atoms with Crippen LogP contribution in [0.15, 0.2) is 30.3 Å². The van der Waals surface area contributed by atoms with Gasteiger partial charge in [0.1, 0.15) is 36.6 Å². The molecule has 1 aromatic rings. The van der Waals surface area contributed by atoms with Crippen molar-refractivity contribution in [2.75, 3.05) is 80.3 Å². The lowest BCUT2D eigenvalue weighted by Crippen LogP contribution is -2.76. The highest BCUT2D eigenvalue weighted by atomic mass is 16.9. The van der Waals surface area contributed by atoms with Gasteiger partial charge in [0.25, 0.3) is 6.48 Å². The maximum Gasteiger partial charge on any atom is 0.272 e. The van der Waals surface area contributed by atoms with Gasteiger partial charge in [0, 0.05) is 14.2 Å². The van der Waals surface area contributed by atoms with Crippen molar-refractivity contribution in [1.29, 1.82) is 0 Å². The minimum absolute atomic E-state index is 0.352. The van der Waals surface area contributed by atoms with Crippen LogP contribution in [0.25, 0.3) is 0 Å². The lowest BCUT2D eigenvalue weighted by atomic mass is 9.82. The molecule has 11 heteroatoms. The normalized spacial score (nSPS) is 30.3. The van der Waals surface area contributed by atoms with E-state index < -0.39 is 24.8 Å². The zero-order chi connectivity index (χ0) is 25.7. The predicted octanol–water partition coefficient (Wildman–Crippen LogP) is 1.16. The molecule has 3 heterocycles. The Kier molecular flexibility index (Phi) is 12.5. The first-order valence-corrected chi connectivity index (χ1v) is 12.9. The molecular formula is C26H40O11. The molecule has 7 atom stereocenters. The lowest BCUT2D eigenvalue weighted by molar-refractivity contribution is -0.488. The van der Waals surface area contributed by atoms with Gasteiger partial charge in [-0.1, -0.05) is 30.3 Å². The molecule has 1 aliphatic carbocycles. The summed E-state index contributed by atoms with van der Waals surface area (Å²) in [6.45, 7) is 4.28. The van der Waals surface area contributed by atoms with Gasteiger partial charge in [-0.05, 0) is 5.56 Å². The van der Waals surface area contributed by atoms with E-state index in [-0.39, 0.29) is 18.3 Å². The van der Waals surface area contributed by atoms with Crippen LogP contribution in [0.1, 0.15) is 5.56 Å². The molecule has 4 fully saturated rings. The molecule has 5 rings (SSSR count). The van der Waals surface area contributed by atoms with Gasteiger partial charge in [0.15, 0.2) is 0 Å². The summed E-state index contributed by atoms with van der Waals surface area (Å²) in [4.78, 5) is 0. The Morgan fingerprint density at radius 1 is 0.541 bits per heavy atom. The lowest BCUT2D eigenvalue weighted by Gasteiger charge is -2.58. The third kappa shape index (κ3) is 8.38. The summed E-state index contributed by atoms with van der Waals surface area (Å²) in [5, 5.41) is 0. The number of methoxy groups -OCH3 is 2. The van der Waals surface area contributed by atoms with Gasteiger partial charge >= 0.3 is 0 Å². The minimum Gasteiger partial charge on any atom is -0.382 e. The summed E-state index contributed by atoms with van der Waals surface area (Å²) in [6.07, 6.45) is -2.24. The molecule has 0 aromatic heterocycles. The Balaban J connectivity index is 1.30. The van der Waals surface area contributed by atoms with Crippen molar-refractivity contribution in [3.8, 4) is 0 Å². The quantitative estimate of drug-likeness (QED) is 0.228. The van der Waals surface area contributed by atoms with E-state index in [0.717, 1.165) is 5.56 Å². The van der Waals surface area contributed by atoms with E-state index in [9.17, 15) is 0 Å².